The molecule has 0 aromatic heterocycles. The number of nitrogens with zero attached hydrogens (tertiary/aromatic N) is 2. The molecule has 166 valence electrons. The third-order valence-electron chi connectivity index (χ3n) is 5.86. The van der Waals surface area contributed by atoms with Crippen LogP contribution in [-0.4, -0.2) is 62.2 Å². The molecule has 2 amide bonds. The molecule has 2 saturated heterocycles. The molecule has 0 atom stereocenters. The minimum Gasteiger partial charge on any atom is -0.355 e. The van der Waals surface area contributed by atoms with E-state index in [2.05, 4.69) is 5.32 Å². The Morgan fingerprint density at radius 3 is 2.03 bits per heavy atom. The Hall–Kier alpha value is -1.93. The Morgan fingerprint density at radius 2 is 1.40 bits per heavy atom. The molecule has 0 aliphatic carbocycles. The second-order valence-corrected chi connectivity index (χ2v) is 10.1. The number of rotatable bonds is 7. The maximum absolute atomic E-state index is 12.7. The first-order chi connectivity index (χ1) is 14.5. The number of likely N-dealkylation sites (tertiary alicyclic amines) is 1. The molecular formula is C22H33N3O4S. The molecule has 1 aromatic rings. The number of piperidine rings is 1. The van der Waals surface area contributed by atoms with Crippen LogP contribution >= 0.6 is 0 Å². The van der Waals surface area contributed by atoms with Gasteiger partial charge >= 0.3 is 0 Å². The average Bonchev–Trinajstić information content (AvgIpc) is 3.04. The molecule has 8 heteroatoms. The summed E-state index contributed by atoms with van der Waals surface area (Å²) in [6.07, 6.45) is 7.83. The van der Waals surface area contributed by atoms with E-state index in [-0.39, 0.29) is 23.1 Å². The monoisotopic (exact) mass is 435 g/mol. The molecule has 30 heavy (non-hydrogen) atoms. The van der Waals surface area contributed by atoms with E-state index in [9.17, 15) is 18.0 Å². The van der Waals surface area contributed by atoms with E-state index in [0.717, 1.165) is 50.8 Å². The van der Waals surface area contributed by atoms with Crippen molar-refractivity contribution >= 4 is 21.8 Å². The van der Waals surface area contributed by atoms with Crippen molar-refractivity contribution in [2.45, 2.75) is 62.7 Å². The van der Waals surface area contributed by atoms with Crippen molar-refractivity contribution in [3.05, 3.63) is 29.8 Å². The molecule has 0 radical (unpaired) electrons. The molecule has 0 bridgehead atoms. The summed E-state index contributed by atoms with van der Waals surface area (Å²) < 4.78 is 26.9. The van der Waals surface area contributed by atoms with Crippen molar-refractivity contribution in [2.75, 3.05) is 32.7 Å². The van der Waals surface area contributed by atoms with E-state index in [1.54, 1.807) is 28.6 Å². The van der Waals surface area contributed by atoms with Crippen molar-refractivity contribution < 1.29 is 18.0 Å². The second-order valence-electron chi connectivity index (χ2n) is 8.18. The van der Waals surface area contributed by atoms with Gasteiger partial charge in [0.15, 0.2) is 0 Å². The van der Waals surface area contributed by atoms with Crippen LogP contribution in [0.4, 0.5) is 0 Å². The highest BCUT2D eigenvalue weighted by atomic mass is 32.2. The van der Waals surface area contributed by atoms with E-state index in [1.807, 2.05) is 4.90 Å². The van der Waals surface area contributed by atoms with Gasteiger partial charge in [0.2, 0.25) is 21.8 Å². The number of carbonyl (C=O) groups is 2. The van der Waals surface area contributed by atoms with Gasteiger partial charge in [0.1, 0.15) is 0 Å². The highest BCUT2D eigenvalue weighted by molar-refractivity contribution is 7.89. The maximum atomic E-state index is 12.7. The summed E-state index contributed by atoms with van der Waals surface area (Å²) in [5.74, 6) is -0.0604. The lowest BCUT2D eigenvalue weighted by molar-refractivity contribution is -0.131. The summed E-state index contributed by atoms with van der Waals surface area (Å²) in [5, 5.41) is 2.80. The topological polar surface area (TPSA) is 86.8 Å². The van der Waals surface area contributed by atoms with Gasteiger partial charge in [-0.1, -0.05) is 31.4 Å². The van der Waals surface area contributed by atoms with Gasteiger partial charge in [-0.05, 0) is 43.4 Å². The van der Waals surface area contributed by atoms with Crippen LogP contribution in [0.2, 0.25) is 0 Å². The zero-order chi connectivity index (χ0) is 21.4. The highest BCUT2D eigenvalue weighted by Crippen LogP contribution is 2.21. The molecule has 0 unspecified atom stereocenters. The van der Waals surface area contributed by atoms with Crippen LogP contribution in [0, 0.1) is 0 Å². The van der Waals surface area contributed by atoms with Crippen molar-refractivity contribution in [1.29, 1.82) is 0 Å². The predicted octanol–water partition coefficient (Wildman–Crippen LogP) is 2.31. The molecular weight excluding hydrogens is 402 g/mol. The molecule has 0 spiro atoms. The lowest BCUT2D eigenvalue weighted by atomic mass is 10.1. The second kappa shape index (κ2) is 10.9. The van der Waals surface area contributed by atoms with Crippen LogP contribution in [-0.2, 0) is 26.0 Å². The summed E-state index contributed by atoms with van der Waals surface area (Å²) in [6, 6.07) is 6.54. The van der Waals surface area contributed by atoms with Crippen LogP contribution < -0.4 is 5.32 Å². The fourth-order valence-electron chi connectivity index (χ4n) is 4.07. The largest absolute Gasteiger partial charge is 0.355 e. The van der Waals surface area contributed by atoms with Gasteiger partial charge in [-0.3, -0.25) is 9.59 Å². The van der Waals surface area contributed by atoms with Crippen LogP contribution in [0.3, 0.4) is 0 Å². The zero-order valence-electron chi connectivity index (χ0n) is 17.6. The molecule has 2 heterocycles. The lowest BCUT2D eigenvalue weighted by Crippen LogP contribution is -2.35. The molecule has 2 aliphatic rings. The number of amides is 2. The summed E-state index contributed by atoms with van der Waals surface area (Å²) in [7, 11) is -3.45. The number of hydrogen-bond acceptors (Lipinski definition) is 4. The summed E-state index contributed by atoms with van der Waals surface area (Å²) in [5.41, 5.74) is 0.754. The Balaban J connectivity index is 1.44. The summed E-state index contributed by atoms with van der Waals surface area (Å²) in [4.78, 5) is 26.6. The Morgan fingerprint density at radius 1 is 0.833 bits per heavy atom. The normalized spacial score (nSPS) is 18.6. The summed E-state index contributed by atoms with van der Waals surface area (Å²) >= 11 is 0. The Labute approximate surface area is 179 Å². The van der Waals surface area contributed by atoms with E-state index >= 15 is 0 Å². The highest BCUT2D eigenvalue weighted by Gasteiger charge is 2.25. The number of hydrogen-bond donors (Lipinski definition) is 1. The number of sulfonamides is 1. The van der Waals surface area contributed by atoms with Crippen molar-refractivity contribution in [1.82, 2.24) is 14.5 Å². The predicted molar refractivity (Wildman–Crippen MR) is 115 cm³/mol. The Kier molecular flexibility index (Phi) is 8.27. The minimum atomic E-state index is -3.45. The third kappa shape index (κ3) is 6.28. The van der Waals surface area contributed by atoms with E-state index < -0.39 is 10.0 Å². The number of carbonyl (C=O) groups excluding carboxylic acids is 2. The van der Waals surface area contributed by atoms with E-state index in [0.29, 0.717) is 26.1 Å². The van der Waals surface area contributed by atoms with Crippen LogP contribution in [0.25, 0.3) is 0 Å². The van der Waals surface area contributed by atoms with Gasteiger partial charge in [0.25, 0.3) is 0 Å². The smallest absolute Gasteiger partial charge is 0.243 e. The molecule has 2 aliphatic heterocycles. The third-order valence-corrected chi connectivity index (χ3v) is 7.77. The molecule has 1 aromatic carbocycles. The fourth-order valence-corrected chi connectivity index (χ4v) is 5.59. The van der Waals surface area contributed by atoms with Gasteiger partial charge in [0, 0.05) is 39.1 Å². The standard InChI is InChI=1S/C22H33N3O4S/c26-21(23-13-12-22(27)24-14-4-1-2-5-15-24)18-19-8-10-20(11-9-19)30(28,29)25-16-6-3-7-17-25/h8-11H,1-7,12-18H2,(H,23,26). The zero-order valence-corrected chi connectivity index (χ0v) is 18.5. The molecule has 2 fully saturated rings. The van der Waals surface area contributed by atoms with Crippen molar-refractivity contribution in [2.24, 2.45) is 0 Å². The minimum absolute atomic E-state index is 0.101. The van der Waals surface area contributed by atoms with Crippen LogP contribution in [0.5, 0.6) is 0 Å². The van der Waals surface area contributed by atoms with Gasteiger partial charge in [0.05, 0.1) is 11.3 Å². The molecule has 1 N–H and O–H groups in total. The number of benzene rings is 1. The Bertz CT molecular complexity index is 809. The van der Waals surface area contributed by atoms with Crippen molar-refractivity contribution in [3.8, 4) is 0 Å². The quantitative estimate of drug-likeness (QED) is 0.712. The molecule has 7 nitrogen and oxygen atoms in total. The van der Waals surface area contributed by atoms with Crippen LogP contribution in [0.15, 0.2) is 29.2 Å². The first-order valence-corrected chi connectivity index (χ1v) is 12.5. The lowest BCUT2D eigenvalue weighted by Gasteiger charge is -2.25. The number of nitrogens with one attached hydrogen (secondary N) is 1. The first kappa shape index (κ1) is 22.7. The van der Waals surface area contributed by atoms with Crippen LogP contribution in [0.1, 0.15) is 56.9 Å². The van der Waals surface area contributed by atoms with Gasteiger partial charge in [-0.15, -0.1) is 0 Å². The first-order valence-electron chi connectivity index (χ1n) is 11.1. The molecule has 0 saturated carbocycles. The van der Waals surface area contributed by atoms with E-state index in [4.69, 9.17) is 0 Å². The molecule has 3 rings (SSSR count). The van der Waals surface area contributed by atoms with Crippen molar-refractivity contribution in [3.63, 3.8) is 0 Å². The van der Waals surface area contributed by atoms with Gasteiger partial charge in [-0.2, -0.15) is 4.31 Å². The summed E-state index contributed by atoms with van der Waals surface area (Å²) in [6.45, 7) is 3.11. The fraction of sp³-hybridized carbons (Fsp3) is 0.636. The maximum Gasteiger partial charge on any atom is 0.243 e. The SMILES string of the molecule is O=C(Cc1ccc(S(=O)(=O)N2CCCCC2)cc1)NCCC(=O)N1CCCCCC1. The van der Waals surface area contributed by atoms with E-state index in [1.165, 1.54) is 12.8 Å². The van der Waals surface area contributed by atoms with Gasteiger partial charge in [-0.25, -0.2) is 8.42 Å². The van der Waals surface area contributed by atoms with Gasteiger partial charge < -0.3 is 10.2 Å². The average molecular weight is 436 g/mol.